The SMILES string of the molecule is [2H]CO[C@@H](COCc1ccccc1)[C@H](O)CO. The zero-order chi connectivity index (χ0) is 12.5. The molecule has 0 radical (unpaired) electrons. The molecule has 90 valence electrons. The van der Waals surface area contributed by atoms with Gasteiger partial charge >= 0.3 is 0 Å². The maximum atomic E-state index is 9.41. The lowest BCUT2D eigenvalue weighted by Crippen LogP contribution is -2.35. The fourth-order valence-electron chi connectivity index (χ4n) is 1.25. The first-order valence-corrected chi connectivity index (χ1v) is 5.09. The summed E-state index contributed by atoms with van der Waals surface area (Å²) in [6.45, 7) is 0.158. The molecule has 0 spiro atoms. The van der Waals surface area contributed by atoms with Crippen LogP contribution in [0.15, 0.2) is 30.3 Å². The number of hydrogen-bond donors (Lipinski definition) is 2. The standard InChI is InChI=1S/C12H18O4/c1-15-12(11(14)7-13)9-16-8-10-5-3-2-4-6-10/h2-6,11-14H,7-9H2,1H3/t11-,12+/m1/s1/i1D. The number of rotatable bonds is 7. The smallest absolute Gasteiger partial charge is 0.109 e. The van der Waals surface area contributed by atoms with Crippen molar-refractivity contribution in [2.24, 2.45) is 0 Å². The summed E-state index contributed by atoms with van der Waals surface area (Å²) in [5.74, 6) is 0. The fourth-order valence-corrected chi connectivity index (χ4v) is 1.25. The summed E-state index contributed by atoms with van der Waals surface area (Å²) in [6.07, 6.45) is -1.68. The van der Waals surface area contributed by atoms with Crippen molar-refractivity contribution in [3.8, 4) is 0 Å². The molecular formula is C12H18O4. The van der Waals surface area contributed by atoms with Gasteiger partial charge in [-0.2, -0.15) is 0 Å². The van der Waals surface area contributed by atoms with Crippen LogP contribution in [0.3, 0.4) is 0 Å². The predicted molar refractivity (Wildman–Crippen MR) is 60.0 cm³/mol. The molecule has 1 aromatic rings. The van der Waals surface area contributed by atoms with E-state index in [0.29, 0.717) is 6.61 Å². The summed E-state index contributed by atoms with van der Waals surface area (Å²) < 4.78 is 17.3. The first-order valence-electron chi connectivity index (χ1n) is 5.80. The van der Waals surface area contributed by atoms with E-state index in [1.54, 1.807) is 0 Å². The third-order valence-corrected chi connectivity index (χ3v) is 2.22. The van der Waals surface area contributed by atoms with Crippen molar-refractivity contribution in [1.29, 1.82) is 0 Å². The number of aliphatic hydroxyl groups is 2. The van der Waals surface area contributed by atoms with Crippen molar-refractivity contribution in [1.82, 2.24) is 0 Å². The molecule has 0 aliphatic carbocycles. The minimum Gasteiger partial charge on any atom is -0.394 e. The Labute approximate surface area is 96.8 Å². The molecular weight excluding hydrogens is 208 g/mol. The third-order valence-electron chi connectivity index (χ3n) is 2.22. The van der Waals surface area contributed by atoms with Crippen molar-refractivity contribution in [2.75, 3.05) is 20.3 Å². The Balaban J connectivity index is 2.32. The van der Waals surface area contributed by atoms with Crippen molar-refractivity contribution in [3.05, 3.63) is 35.9 Å². The van der Waals surface area contributed by atoms with Gasteiger partial charge in [-0.1, -0.05) is 30.3 Å². The van der Waals surface area contributed by atoms with E-state index in [1.807, 2.05) is 30.3 Å². The van der Waals surface area contributed by atoms with E-state index in [1.165, 1.54) is 0 Å². The van der Waals surface area contributed by atoms with E-state index in [9.17, 15) is 5.11 Å². The quantitative estimate of drug-likeness (QED) is 0.715. The summed E-state index contributed by atoms with van der Waals surface area (Å²) >= 11 is 0. The van der Waals surface area contributed by atoms with Gasteiger partial charge in [0.2, 0.25) is 0 Å². The van der Waals surface area contributed by atoms with Gasteiger partial charge in [0.1, 0.15) is 12.2 Å². The monoisotopic (exact) mass is 227 g/mol. The van der Waals surface area contributed by atoms with Gasteiger partial charge in [-0.25, -0.2) is 0 Å². The molecule has 2 N–H and O–H groups in total. The molecule has 4 heteroatoms. The van der Waals surface area contributed by atoms with Crippen LogP contribution in [0.4, 0.5) is 0 Å². The average molecular weight is 227 g/mol. The Morgan fingerprint density at radius 1 is 1.38 bits per heavy atom. The largest absolute Gasteiger partial charge is 0.394 e. The molecule has 0 amide bonds. The van der Waals surface area contributed by atoms with Crippen LogP contribution in [0.5, 0.6) is 0 Å². The summed E-state index contributed by atoms with van der Waals surface area (Å²) in [5, 5.41) is 18.2. The summed E-state index contributed by atoms with van der Waals surface area (Å²) in [6, 6.07) is 9.62. The highest BCUT2D eigenvalue weighted by atomic mass is 16.5. The van der Waals surface area contributed by atoms with E-state index < -0.39 is 18.8 Å². The lowest BCUT2D eigenvalue weighted by Gasteiger charge is -2.19. The summed E-state index contributed by atoms with van der Waals surface area (Å²) in [5.41, 5.74) is 1.02. The van der Waals surface area contributed by atoms with Crippen LogP contribution in [-0.4, -0.2) is 42.7 Å². The maximum Gasteiger partial charge on any atom is 0.109 e. The molecule has 0 aliphatic heterocycles. The Bertz CT molecular complexity index is 294. The van der Waals surface area contributed by atoms with Gasteiger partial charge in [0.15, 0.2) is 0 Å². The topological polar surface area (TPSA) is 58.9 Å². The number of benzene rings is 1. The highest BCUT2D eigenvalue weighted by Crippen LogP contribution is 2.04. The second-order valence-corrected chi connectivity index (χ2v) is 3.46. The van der Waals surface area contributed by atoms with Crippen LogP contribution in [0, 0.1) is 0 Å². The second-order valence-electron chi connectivity index (χ2n) is 3.46. The molecule has 0 aliphatic rings. The minimum atomic E-state index is -1.02. The molecule has 16 heavy (non-hydrogen) atoms. The fraction of sp³-hybridized carbons (Fsp3) is 0.500. The third kappa shape index (κ3) is 4.28. The van der Waals surface area contributed by atoms with Crippen LogP contribution < -0.4 is 0 Å². The van der Waals surface area contributed by atoms with Crippen LogP contribution in [0.2, 0.25) is 0 Å². The van der Waals surface area contributed by atoms with E-state index in [0.717, 1.165) is 5.56 Å². The van der Waals surface area contributed by atoms with Gasteiger partial charge in [0.25, 0.3) is 0 Å². The molecule has 0 fully saturated rings. The highest BCUT2D eigenvalue weighted by Gasteiger charge is 2.17. The second kappa shape index (κ2) is 7.35. The van der Waals surface area contributed by atoms with E-state index in [4.69, 9.17) is 16.0 Å². The van der Waals surface area contributed by atoms with Crippen molar-refractivity contribution in [2.45, 2.75) is 18.8 Å². The van der Waals surface area contributed by atoms with Gasteiger partial charge in [0, 0.05) is 7.09 Å². The summed E-state index contributed by atoms with van der Waals surface area (Å²) in [4.78, 5) is 0. The first kappa shape index (κ1) is 11.5. The molecule has 1 aromatic carbocycles. The number of aliphatic hydroxyl groups excluding tert-OH is 2. The molecule has 0 bridgehead atoms. The molecule has 0 heterocycles. The van der Waals surface area contributed by atoms with Crippen molar-refractivity contribution < 1.29 is 21.1 Å². The van der Waals surface area contributed by atoms with Gasteiger partial charge in [0.05, 0.1) is 21.2 Å². The summed E-state index contributed by atoms with van der Waals surface area (Å²) in [7, 11) is -0.267. The van der Waals surface area contributed by atoms with Crippen LogP contribution in [0.25, 0.3) is 0 Å². The molecule has 0 saturated carbocycles. The van der Waals surface area contributed by atoms with Crippen molar-refractivity contribution >= 4 is 0 Å². The molecule has 4 nitrogen and oxygen atoms in total. The molecule has 0 unspecified atom stereocenters. The van der Waals surface area contributed by atoms with Gasteiger partial charge in [-0.15, -0.1) is 0 Å². The van der Waals surface area contributed by atoms with Crippen LogP contribution >= 0.6 is 0 Å². The Hall–Kier alpha value is -0.940. The van der Waals surface area contributed by atoms with Crippen LogP contribution in [-0.2, 0) is 16.1 Å². The predicted octanol–water partition coefficient (Wildman–Crippen LogP) is 0.571. The highest BCUT2D eigenvalue weighted by molar-refractivity contribution is 5.13. The number of hydrogen-bond acceptors (Lipinski definition) is 4. The lowest BCUT2D eigenvalue weighted by molar-refractivity contribution is -0.0792. The number of methoxy groups -OCH3 is 1. The van der Waals surface area contributed by atoms with Gasteiger partial charge in [-0.3, -0.25) is 0 Å². The van der Waals surface area contributed by atoms with E-state index >= 15 is 0 Å². The van der Waals surface area contributed by atoms with Gasteiger partial charge < -0.3 is 19.7 Å². The molecule has 0 saturated heterocycles. The van der Waals surface area contributed by atoms with E-state index in [2.05, 4.69) is 0 Å². The minimum absolute atomic E-state index is 0.148. The zero-order valence-corrected chi connectivity index (χ0v) is 9.08. The first-order chi connectivity index (χ1) is 8.27. The molecule has 2 atom stereocenters. The van der Waals surface area contributed by atoms with Crippen LogP contribution in [0.1, 0.15) is 6.93 Å². The average Bonchev–Trinajstić information content (AvgIpc) is 2.38. The maximum absolute atomic E-state index is 9.41. The van der Waals surface area contributed by atoms with Crippen molar-refractivity contribution in [3.63, 3.8) is 0 Å². The Kier molecular flexibility index (Phi) is 5.30. The van der Waals surface area contributed by atoms with Gasteiger partial charge in [-0.05, 0) is 5.56 Å². The Morgan fingerprint density at radius 2 is 2.12 bits per heavy atom. The number of ether oxygens (including phenoxy) is 2. The normalized spacial score (nSPS) is 15.5. The molecule has 0 aromatic heterocycles. The van der Waals surface area contributed by atoms with E-state index in [-0.39, 0.29) is 13.7 Å². The molecule has 1 rings (SSSR count). The lowest BCUT2D eigenvalue weighted by atomic mass is 10.2. The Morgan fingerprint density at radius 3 is 2.75 bits per heavy atom. The zero-order valence-electron chi connectivity index (χ0n) is 10.1.